The van der Waals surface area contributed by atoms with Gasteiger partial charge in [0.1, 0.15) is 10.0 Å². The number of sulfone groups is 1. The maximum atomic E-state index is 13.2. The number of aromatic nitrogens is 1. The average Bonchev–Trinajstić information content (AvgIpc) is 3.38. The van der Waals surface area contributed by atoms with Crippen molar-refractivity contribution in [1.82, 2.24) is 9.88 Å². The Morgan fingerprint density at radius 2 is 1.97 bits per heavy atom. The lowest BCUT2D eigenvalue weighted by Crippen LogP contribution is -2.29. The van der Waals surface area contributed by atoms with Gasteiger partial charge in [0.2, 0.25) is 0 Å². The Morgan fingerprint density at radius 1 is 1.15 bits per heavy atom. The molecule has 2 aromatic heterocycles. The molecule has 1 aliphatic heterocycles. The maximum absolute atomic E-state index is 13.2. The molecule has 170 valence electrons. The van der Waals surface area contributed by atoms with E-state index in [1.54, 1.807) is 34.8 Å². The van der Waals surface area contributed by atoms with Gasteiger partial charge in [-0.1, -0.05) is 25.1 Å². The molecule has 2 aromatic carbocycles. The third-order valence-electron chi connectivity index (χ3n) is 5.84. The largest absolute Gasteiger partial charge is 0.313 e. The first-order valence-corrected chi connectivity index (χ1v) is 14.2. The number of thiophene rings is 1. The highest BCUT2D eigenvalue weighted by atomic mass is 32.2. The summed E-state index contributed by atoms with van der Waals surface area (Å²) in [5, 5.41) is 4.74. The first kappa shape index (κ1) is 22.2. The molecule has 1 amide bonds. The van der Waals surface area contributed by atoms with Crippen molar-refractivity contribution in [3.05, 3.63) is 64.5 Å². The van der Waals surface area contributed by atoms with Crippen LogP contribution in [0, 0.1) is 0 Å². The fraction of sp³-hybridized carbons (Fsp3) is 0.250. The number of thiazole rings is 1. The summed E-state index contributed by atoms with van der Waals surface area (Å²) in [4.78, 5) is 21.8. The van der Waals surface area contributed by atoms with E-state index in [4.69, 9.17) is 4.98 Å². The van der Waals surface area contributed by atoms with Crippen molar-refractivity contribution in [3.8, 4) is 10.6 Å². The van der Waals surface area contributed by atoms with E-state index in [1.165, 1.54) is 22.6 Å². The summed E-state index contributed by atoms with van der Waals surface area (Å²) in [5.41, 5.74) is 3.51. The number of carbonyl (C=O) groups excluding carboxylic acids is 1. The van der Waals surface area contributed by atoms with Crippen LogP contribution in [0.25, 0.3) is 20.8 Å². The second-order valence-corrected chi connectivity index (χ2v) is 12.2. The number of anilines is 1. The molecule has 33 heavy (non-hydrogen) atoms. The summed E-state index contributed by atoms with van der Waals surface area (Å²) >= 11 is 3.22. The highest BCUT2D eigenvalue weighted by molar-refractivity contribution is 7.90. The molecule has 0 saturated heterocycles. The monoisotopic (exact) mass is 497 g/mol. The molecule has 0 atom stereocenters. The topological polar surface area (TPSA) is 79.4 Å². The van der Waals surface area contributed by atoms with Crippen LogP contribution < -0.4 is 5.32 Å². The number of amides is 1. The molecule has 0 bridgehead atoms. The molecule has 0 spiro atoms. The summed E-state index contributed by atoms with van der Waals surface area (Å²) < 4.78 is 25.0. The predicted octanol–water partition coefficient (Wildman–Crippen LogP) is 5.06. The van der Waals surface area contributed by atoms with Crippen LogP contribution >= 0.6 is 22.7 Å². The van der Waals surface area contributed by atoms with E-state index in [1.807, 2.05) is 18.2 Å². The lowest BCUT2D eigenvalue weighted by molar-refractivity contribution is 0.102. The molecule has 3 heterocycles. The highest BCUT2D eigenvalue weighted by Crippen LogP contribution is 2.45. The zero-order valence-electron chi connectivity index (χ0n) is 18.3. The van der Waals surface area contributed by atoms with E-state index >= 15 is 0 Å². The third kappa shape index (κ3) is 4.33. The summed E-state index contributed by atoms with van der Waals surface area (Å²) in [6.45, 7) is 4.97. The number of fused-ring (bicyclic) bond motifs is 2. The van der Waals surface area contributed by atoms with Gasteiger partial charge < -0.3 is 5.32 Å². The third-order valence-corrected chi connectivity index (χ3v) is 9.14. The lowest BCUT2D eigenvalue weighted by atomic mass is 10.0. The van der Waals surface area contributed by atoms with E-state index in [0.717, 1.165) is 58.1 Å². The summed E-state index contributed by atoms with van der Waals surface area (Å²) in [7, 11) is -3.40. The lowest BCUT2D eigenvalue weighted by Gasteiger charge is -2.25. The van der Waals surface area contributed by atoms with E-state index in [-0.39, 0.29) is 10.8 Å². The number of benzene rings is 2. The highest BCUT2D eigenvalue weighted by Gasteiger charge is 2.27. The number of rotatable bonds is 5. The second-order valence-electron chi connectivity index (χ2n) is 8.07. The molecule has 1 aliphatic rings. The number of nitrogens with one attached hydrogen (secondary N) is 1. The number of likely N-dealkylation sites (N-methyl/N-ethyl adjacent to an activating group) is 1. The van der Waals surface area contributed by atoms with Gasteiger partial charge in [-0.2, -0.15) is 0 Å². The zero-order chi connectivity index (χ0) is 23.2. The number of hydrogen-bond acceptors (Lipinski definition) is 7. The van der Waals surface area contributed by atoms with Crippen LogP contribution in [-0.2, 0) is 22.8 Å². The molecule has 5 rings (SSSR count). The molecule has 6 nitrogen and oxygen atoms in total. The van der Waals surface area contributed by atoms with Crippen molar-refractivity contribution in [1.29, 1.82) is 0 Å². The minimum atomic E-state index is -3.40. The zero-order valence-corrected chi connectivity index (χ0v) is 20.7. The van der Waals surface area contributed by atoms with Gasteiger partial charge in [-0.3, -0.25) is 9.69 Å². The SMILES string of the molecule is CCN1CCc2c(sc(NC(=O)c3cccc(S(C)(=O)=O)c3)c2-c2nc3ccccc3s2)C1. The van der Waals surface area contributed by atoms with Gasteiger partial charge in [-0.05, 0) is 48.9 Å². The Kier molecular flexibility index (Phi) is 5.82. The van der Waals surface area contributed by atoms with Crippen molar-refractivity contribution >= 4 is 53.6 Å². The number of hydrogen-bond donors (Lipinski definition) is 1. The van der Waals surface area contributed by atoms with Crippen LogP contribution in [0.1, 0.15) is 27.7 Å². The standard InChI is InChI=1S/C24H23N3O3S3/c1-3-27-12-11-17-20(14-27)32-24(21(17)23-25-18-9-4-5-10-19(18)31-23)26-22(28)15-7-6-8-16(13-15)33(2,29)30/h4-10,13H,3,11-12,14H2,1-2H3,(H,26,28). The van der Waals surface area contributed by atoms with Crippen LogP contribution in [-0.4, -0.2) is 43.6 Å². The molecule has 0 aliphatic carbocycles. The van der Waals surface area contributed by atoms with Gasteiger partial charge in [-0.15, -0.1) is 22.7 Å². The van der Waals surface area contributed by atoms with Crippen LogP contribution in [0.5, 0.6) is 0 Å². The number of carbonyl (C=O) groups is 1. The van der Waals surface area contributed by atoms with Gasteiger partial charge in [0.25, 0.3) is 5.91 Å². The number of nitrogens with zero attached hydrogens (tertiary/aromatic N) is 2. The summed E-state index contributed by atoms with van der Waals surface area (Å²) in [6, 6.07) is 14.2. The molecule has 9 heteroatoms. The Hall–Kier alpha value is -2.59. The van der Waals surface area contributed by atoms with E-state index in [9.17, 15) is 13.2 Å². The molecular weight excluding hydrogens is 474 g/mol. The second kappa shape index (κ2) is 8.64. The van der Waals surface area contributed by atoms with Crippen molar-refractivity contribution in [3.63, 3.8) is 0 Å². The van der Waals surface area contributed by atoms with Gasteiger partial charge >= 0.3 is 0 Å². The molecule has 0 fully saturated rings. The Morgan fingerprint density at radius 3 is 2.73 bits per heavy atom. The Bertz CT molecular complexity index is 1440. The summed E-state index contributed by atoms with van der Waals surface area (Å²) in [6.07, 6.45) is 2.05. The van der Waals surface area contributed by atoms with Crippen LogP contribution in [0.2, 0.25) is 0 Å². The van der Waals surface area contributed by atoms with Crippen LogP contribution in [0.4, 0.5) is 5.00 Å². The van der Waals surface area contributed by atoms with Crippen molar-refractivity contribution < 1.29 is 13.2 Å². The maximum Gasteiger partial charge on any atom is 0.256 e. The predicted molar refractivity (Wildman–Crippen MR) is 135 cm³/mol. The van der Waals surface area contributed by atoms with Crippen molar-refractivity contribution in [2.75, 3.05) is 24.7 Å². The fourth-order valence-electron chi connectivity index (χ4n) is 4.06. The van der Waals surface area contributed by atoms with Gasteiger partial charge in [0, 0.05) is 35.3 Å². The Balaban J connectivity index is 1.57. The average molecular weight is 498 g/mol. The molecule has 0 unspecified atom stereocenters. The minimum Gasteiger partial charge on any atom is -0.313 e. The molecule has 4 aromatic rings. The Labute approximate surface area is 200 Å². The smallest absolute Gasteiger partial charge is 0.256 e. The molecule has 0 saturated carbocycles. The number of para-hydroxylation sites is 1. The molecular formula is C24H23N3O3S3. The quantitative estimate of drug-likeness (QED) is 0.417. The summed E-state index contributed by atoms with van der Waals surface area (Å²) in [5.74, 6) is -0.325. The minimum absolute atomic E-state index is 0.130. The van der Waals surface area contributed by atoms with E-state index in [0.29, 0.717) is 5.56 Å². The first-order valence-electron chi connectivity index (χ1n) is 10.7. The van der Waals surface area contributed by atoms with Gasteiger partial charge in [0.15, 0.2) is 9.84 Å². The first-order chi connectivity index (χ1) is 15.8. The van der Waals surface area contributed by atoms with Crippen molar-refractivity contribution in [2.24, 2.45) is 0 Å². The van der Waals surface area contributed by atoms with E-state index < -0.39 is 9.84 Å². The molecule has 0 radical (unpaired) electrons. The van der Waals surface area contributed by atoms with E-state index in [2.05, 4.69) is 23.2 Å². The van der Waals surface area contributed by atoms with Crippen molar-refractivity contribution in [2.45, 2.75) is 24.8 Å². The molecule has 1 N–H and O–H groups in total. The fourth-order valence-corrected chi connectivity index (χ4v) is 7.13. The van der Waals surface area contributed by atoms with Gasteiger partial charge in [0.05, 0.1) is 15.1 Å². The van der Waals surface area contributed by atoms with Crippen LogP contribution in [0.3, 0.4) is 0 Å². The van der Waals surface area contributed by atoms with Gasteiger partial charge in [-0.25, -0.2) is 13.4 Å². The van der Waals surface area contributed by atoms with Crippen LogP contribution in [0.15, 0.2) is 53.4 Å². The normalized spacial score (nSPS) is 14.4.